The normalized spacial score (nSPS) is 11.4. The highest BCUT2D eigenvalue weighted by Crippen LogP contribution is 2.26. The summed E-state index contributed by atoms with van der Waals surface area (Å²) >= 11 is 0. The summed E-state index contributed by atoms with van der Waals surface area (Å²) in [5.74, 6) is 0.140. The van der Waals surface area contributed by atoms with E-state index < -0.39 is 5.97 Å². The maximum Gasteiger partial charge on any atom is 0.336 e. The van der Waals surface area contributed by atoms with Crippen LogP contribution in [-0.4, -0.2) is 20.6 Å². The molecular formula is C40H52N2O3. The van der Waals surface area contributed by atoms with E-state index in [9.17, 15) is 14.7 Å². The highest BCUT2D eigenvalue weighted by molar-refractivity contribution is 5.96. The van der Waals surface area contributed by atoms with Crippen LogP contribution >= 0.6 is 0 Å². The topological polar surface area (TPSA) is 72.2 Å². The first kappa shape index (κ1) is 34.1. The lowest BCUT2D eigenvalue weighted by Gasteiger charge is -2.11. The summed E-state index contributed by atoms with van der Waals surface area (Å²) in [6.07, 6.45) is 16.4. The number of fused-ring (bicyclic) bond motifs is 1. The van der Waals surface area contributed by atoms with Crippen molar-refractivity contribution in [1.29, 1.82) is 0 Å². The molecule has 0 spiro atoms. The van der Waals surface area contributed by atoms with Gasteiger partial charge in [0, 0.05) is 24.1 Å². The molecule has 4 rings (SSSR count). The number of aromatic nitrogens is 2. The van der Waals surface area contributed by atoms with Crippen LogP contribution < -0.4 is 5.43 Å². The van der Waals surface area contributed by atoms with E-state index in [2.05, 4.69) is 49.6 Å². The SMILES string of the molecule is CCCCCCCc1cc2nc(CCCC)n(Cc3ccc(-c4ccccc4C(=O)O)cc3)c2cc(CCCCCCC)c1=O. The van der Waals surface area contributed by atoms with Gasteiger partial charge >= 0.3 is 5.97 Å². The number of hydrogen-bond donors (Lipinski definition) is 1. The first-order valence-corrected chi connectivity index (χ1v) is 17.4. The van der Waals surface area contributed by atoms with Gasteiger partial charge in [0.1, 0.15) is 5.82 Å². The quantitative estimate of drug-likeness (QED) is 0.108. The van der Waals surface area contributed by atoms with Crippen molar-refractivity contribution < 1.29 is 9.90 Å². The summed E-state index contributed by atoms with van der Waals surface area (Å²) < 4.78 is 2.32. The second-order valence-corrected chi connectivity index (χ2v) is 12.5. The Kier molecular flexibility index (Phi) is 13.4. The Balaban J connectivity index is 1.72. The third-order valence-corrected chi connectivity index (χ3v) is 8.94. The van der Waals surface area contributed by atoms with Crippen molar-refractivity contribution in [2.24, 2.45) is 0 Å². The summed E-state index contributed by atoms with van der Waals surface area (Å²) in [6.45, 7) is 7.32. The Morgan fingerprint density at radius 3 is 1.93 bits per heavy atom. The van der Waals surface area contributed by atoms with Crippen LogP contribution in [0.2, 0.25) is 0 Å². The zero-order valence-corrected chi connectivity index (χ0v) is 27.7. The molecule has 1 heterocycles. The molecule has 0 aliphatic carbocycles. The lowest BCUT2D eigenvalue weighted by Crippen LogP contribution is -2.12. The standard InChI is InChI=1S/C40H52N2O3/c1-4-7-10-12-14-18-32-27-36-37(28-33(39(32)43)19-15-13-11-8-5-2)42(38(41-36)22-9-6-3)29-30-23-25-31(26-24-30)34-20-16-17-21-35(34)40(44)45/h16-17,20-21,23-28H,4-15,18-19,22,29H2,1-3H3,(H,44,45). The molecule has 0 saturated carbocycles. The molecule has 0 fully saturated rings. The average Bonchev–Trinajstić information content (AvgIpc) is 3.30. The van der Waals surface area contributed by atoms with E-state index in [0.29, 0.717) is 17.7 Å². The summed E-state index contributed by atoms with van der Waals surface area (Å²) in [4.78, 5) is 30.9. The minimum absolute atomic E-state index is 0.210. The fourth-order valence-corrected chi connectivity index (χ4v) is 6.26. The number of carboxylic acid groups (broad SMARTS) is 1. The minimum Gasteiger partial charge on any atom is -0.478 e. The van der Waals surface area contributed by atoms with Crippen molar-refractivity contribution in [3.05, 3.63) is 99.0 Å². The van der Waals surface area contributed by atoms with Crippen molar-refractivity contribution in [2.75, 3.05) is 0 Å². The number of carbonyl (C=O) groups is 1. The van der Waals surface area contributed by atoms with Crippen LogP contribution in [0.4, 0.5) is 0 Å². The molecule has 1 N–H and O–H groups in total. The van der Waals surface area contributed by atoms with Gasteiger partial charge in [0.25, 0.3) is 0 Å². The van der Waals surface area contributed by atoms with Crippen LogP contribution in [0, 0.1) is 0 Å². The number of rotatable bonds is 19. The van der Waals surface area contributed by atoms with E-state index in [1.54, 1.807) is 12.1 Å². The summed E-state index contributed by atoms with van der Waals surface area (Å²) in [5, 5.41) is 9.68. The lowest BCUT2D eigenvalue weighted by atomic mass is 9.99. The highest BCUT2D eigenvalue weighted by Gasteiger charge is 2.16. The molecule has 3 aromatic carbocycles. The third kappa shape index (κ3) is 9.39. The molecule has 0 atom stereocenters. The smallest absolute Gasteiger partial charge is 0.336 e. The number of unbranched alkanes of at least 4 members (excludes halogenated alkanes) is 9. The molecule has 0 aliphatic heterocycles. The second kappa shape index (κ2) is 17.7. The molecule has 0 radical (unpaired) electrons. The monoisotopic (exact) mass is 608 g/mol. The zero-order chi connectivity index (χ0) is 32.0. The molecule has 45 heavy (non-hydrogen) atoms. The number of imidazole rings is 1. The predicted molar refractivity (Wildman–Crippen MR) is 187 cm³/mol. The number of aromatic carboxylic acids is 1. The van der Waals surface area contributed by atoms with E-state index in [4.69, 9.17) is 4.98 Å². The number of benzene rings is 2. The summed E-state index contributed by atoms with van der Waals surface area (Å²) in [7, 11) is 0. The summed E-state index contributed by atoms with van der Waals surface area (Å²) in [5.41, 5.74) is 7.04. The fourth-order valence-electron chi connectivity index (χ4n) is 6.26. The molecule has 4 aromatic rings. The zero-order valence-electron chi connectivity index (χ0n) is 27.7. The Morgan fingerprint density at radius 1 is 0.711 bits per heavy atom. The van der Waals surface area contributed by atoms with Gasteiger partial charge in [-0.05, 0) is 67.0 Å². The van der Waals surface area contributed by atoms with E-state index in [1.165, 1.54) is 38.5 Å². The molecule has 0 unspecified atom stereocenters. The van der Waals surface area contributed by atoms with Gasteiger partial charge in [0.2, 0.25) is 0 Å². The first-order chi connectivity index (χ1) is 22.0. The fraction of sp³-hybridized carbons (Fsp3) is 0.475. The van der Waals surface area contributed by atoms with Gasteiger partial charge < -0.3 is 9.67 Å². The molecule has 5 heteroatoms. The second-order valence-electron chi connectivity index (χ2n) is 12.5. The Morgan fingerprint density at radius 2 is 1.31 bits per heavy atom. The van der Waals surface area contributed by atoms with E-state index >= 15 is 0 Å². The van der Waals surface area contributed by atoms with Gasteiger partial charge in [-0.25, -0.2) is 9.78 Å². The van der Waals surface area contributed by atoms with Gasteiger partial charge in [-0.2, -0.15) is 0 Å². The molecule has 0 bridgehead atoms. The molecular weight excluding hydrogens is 556 g/mol. The Bertz CT molecular complexity index is 1590. The van der Waals surface area contributed by atoms with Crippen LogP contribution in [0.5, 0.6) is 0 Å². The largest absolute Gasteiger partial charge is 0.478 e. The van der Waals surface area contributed by atoms with Gasteiger partial charge in [0.15, 0.2) is 5.43 Å². The third-order valence-electron chi connectivity index (χ3n) is 8.94. The van der Waals surface area contributed by atoms with Crippen LogP contribution in [0.15, 0.2) is 65.5 Å². The van der Waals surface area contributed by atoms with Crippen molar-refractivity contribution in [1.82, 2.24) is 9.55 Å². The predicted octanol–water partition coefficient (Wildman–Crippen LogP) is 10.2. The van der Waals surface area contributed by atoms with Crippen molar-refractivity contribution >= 4 is 17.0 Å². The number of hydrogen-bond acceptors (Lipinski definition) is 3. The molecule has 0 saturated heterocycles. The maximum absolute atomic E-state index is 13.9. The number of carboxylic acids is 1. The van der Waals surface area contributed by atoms with E-state index in [1.807, 2.05) is 24.3 Å². The molecule has 240 valence electrons. The van der Waals surface area contributed by atoms with Crippen LogP contribution in [0.25, 0.3) is 22.2 Å². The number of nitrogens with zero attached hydrogens (tertiary/aromatic N) is 2. The molecule has 0 amide bonds. The molecule has 0 aliphatic rings. The number of aryl methyl sites for hydroxylation is 3. The van der Waals surface area contributed by atoms with Crippen molar-refractivity contribution in [2.45, 2.75) is 124 Å². The average molecular weight is 609 g/mol. The first-order valence-electron chi connectivity index (χ1n) is 17.4. The van der Waals surface area contributed by atoms with Crippen LogP contribution in [0.3, 0.4) is 0 Å². The van der Waals surface area contributed by atoms with Gasteiger partial charge in [-0.15, -0.1) is 0 Å². The van der Waals surface area contributed by atoms with Gasteiger partial charge in [-0.1, -0.05) is 121 Å². The van der Waals surface area contributed by atoms with Crippen LogP contribution in [0.1, 0.15) is 131 Å². The van der Waals surface area contributed by atoms with Crippen molar-refractivity contribution in [3.8, 4) is 11.1 Å². The van der Waals surface area contributed by atoms with E-state index in [0.717, 1.165) is 96.9 Å². The molecule has 5 nitrogen and oxygen atoms in total. The van der Waals surface area contributed by atoms with E-state index in [-0.39, 0.29) is 5.43 Å². The van der Waals surface area contributed by atoms with Gasteiger partial charge in [0.05, 0.1) is 16.6 Å². The lowest BCUT2D eigenvalue weighted by molar-refractivity contribution is 0.0697. The summed E-state index contributed by atoms with van der Waals surface area (Å²) in [6, 6.07) is 19.6. The van der Waals surface area contributed by atoms with Gasteiger partial charge in [-0.3, -0.25) is 4.79 Å². The Labute approximate surface area is 269 Å². The van der Waals surface area contributed by atoms with Crippen LogP contribution in [-0.2, 0) is 25.8 Å². The minimum atomic E-state index is -0.924. The molecule has 1 aromatic heterocycles. The highest BCUT2D eigenvalue weighted by atomic mass is 16.4. The van der Waals surface area contributed by atoms with Crippen molar-refractivity contribution in [3.63, 3.8) is 0 Å². The Hall–Kier alpha value is -3.73. The maximum atomic E-state index is 13.9.